The van der Waals surface area contributed by atoms with Crippen LogP contribution in [0.1, 0.15) is 157 Å². The topological polar surface area (TPSA) is 347 Å². The van der Waals surface area contributed by atoms with Crippen molar-refractivity contribution in [1.29, 1.82) is 0 Å². The molecule has 4 aliphatic rings. The Morgan fingerprint density at radius 3 is 2.03 bits per heavy atom. The summed E-state index contributed by atoms with van der Waals surface area (Å²) in [6, 6.07) is 4.42. The molecule has 1 saturated carbocycles. The van der Waals surface area contributed by atoms with E-state index >= 15 is 0 Å². The normalized spacial score (nSPS) is 19.1. The number of aliphatic hydroxyl groups excluding tert-OH is 1. The van der Waals surface area contributed by atoms with Crippen molar-refractivity contribution in [3.05, 3.63) is 42.0 Å². The number of amides is 10. The highest BCUT2D eigenvalue weighted by molar-refractivity contribution is 6.12. The number of nitrogens with two attached hydrogens (primary N) is 1. The van der Waals surface area contributed by atoms with Crippen LogP contribution in [-0.2, 0) is 64.0 Å². The highest BCUT2D eigenvalue weighted by Crippen LogP contribution is 2.43. The number of carbonyl (C=O) groups excluding carboxylic acids is 11. The predicted octanol–water partition coefficient (Wildman–Crippen LogP) is 4.59. The van der Waals surface area contributed by atoms with Gasteiger partial charge in [-0.15, -0.1) is 0 Å². The summed E-state index contributed by atoms with van der Waals surface area (Å²) in [5, 5.41) is 25.7. The first-order chi connectivity index (χ1) is 43.5. The molecule has 1 aromatic rings. The van der Waals surface area contributed by atoms with Crippen LogP contribution in [0.4, 0.5) is 15.3 Å². The minimum Gasteiger partial charge on any atom is -0.445 e. The van der Waals surface area contributed by atoms with E-state index in [9.17, 15) is 57.8 Å². The maximum Gasteiger partial charge on any atom is 0.411 e. The molecule has 9 N–H and O–H groups in total. The fraction of sp³-hybridized carbons (Fsp3) is 0.708. The van der Waals surface area contributed by atoms with Crippen molar-refractivity contribution in [2.45, 2.75) is 207 Å². The molecular formula is C65H111N11O15. The second-order valence-electron chi connectivity index (χ2n) is 23.4. The monoisotopic (exact) mass is 1290 g/mol. The molecule has 1 aliphatic carbocycles. The van der Waals surface area contributed by atoms with E-state index in [1.54, 1.807) is 42.6 Å². The van der Waals surface area contributed by atoms with Crippen molar-refractivity contribution < 1.29 is 72.1 Å². The summed E-state index contributed by atoms with van der Waals surface area (Å²) in [6.45, 7) is 17.1. The van der Waals surface area contributed by atoms with Crippen LogP contribution in [-0.4, -0.2) is 214 Å². The van der Waals surface area contributed by atoms with Gasteiger partial charge in [-0.05, 0) is 101 Å². The Morgan fingerprint density at radius 1 is 0.835 bits per heavy atom. The fourth-order valence-electron chi connectivity index (χ4n) is 11.2. The molecule has 516 valence electrons. The minimum atomic E-state index is -0.720. The van der Waals surface area contributed by atoms with Crippen LogP contribution >= 0.6 is 0 Å². The Hall–Kier alpha value is -7.03. The number of fused-ring (bicyclic) bond motifs is 2. The second-order valence-corrected chi connectivity index (χ2v) is 23.4. The lowest BCUT2D eigenvalue weighted by Crippen LogP contribution is -2.56. The van der Waals surface area contributed by atoms with Crippen LogP contribution in [0.5, 0.6) is 0 Å². The number of ether oxygens (including phenoxy) is 3. The average molecular weight is 1290 g/mol. The van der Waals surface area contributed by atoms with Gasteiger partial charge in [0.25, 0.3) is 11.8 Å². The van der Waals surface area contributed by atoms with Crippen molar-refractivity contribution >= 4 is 71.7 Å². The molecule has 91 heavy (non-hydrogen) atoms. The molecule has 1 aromatic carbocycles. The Labute approximate surface area is 540 Å². The van der Waals surface area contributed by atoms with Crippen molar-refractivity contribution in [3.63, 3.8) is 0 Å². The fourth-order valence-corrected chi connectivity index (χ4v) is 11.2. The van der Waals surface area contributed by atoms with Crippen molar-refractivity contribution in [1.82, 2.24) is 46.2 Å². The number of aliphatic hydroxyl groups is 1. The summed E-state index contributed by atoms with van der Waals surface area (Å²) in [6.07, 6.45) is 13.4. The Morgan fingerprint density at radius 2 is 1.48 bits per heavy atom. The van der Waals surface area contributed by atoms with Gasteiger partial charge in [-0.25, -0.2) is 9.59 Å². The number of hydrogen-bond acceptors (Lipinski definition) is 17. The molecule has 2 saturated heterocycles. The first-order valence-corrected chi connectivity index (χ1v) is 32.4. The number of anilines is 1. The largest absolute Gasteiger partial charge is 0.445 e. The zero-order chi connectivity index (χ0) is 68.6. The van der Waals surface area contributed by atoms with Gasteiger partial charge in [0.05, 0.1) is 62.4 Å². The van der Waals surface area contributed by atoms with Crippen LogP contribution in [0.25, 0.3) is 0 Å². The third-order valence-corrected chi connectivity index (χ3v) is 16.0. The molecule has 0 radical (unpaired) electrons. The number of nitrogens with one attached hydrogen (secondary N) is 6. The molecule has 11 atom stereocenters. The smallest absolute Gasteiger partial charge is 0.411 e. The SMILES string of the molecule is CCC.CCC.CCC(C)C(C(CC(=O)N1CCCC1C(OC)C(C)C(=O)N[C@@H](C)CO)OC)N(C)C(=O)CNC(=O)C1C2CCC(C2)N1C(=O)OCc1ccc(NC)cc1.CNCC(=O)NC(C=O)CCCNC(N)=O.O=CCCCCCN1C(=O)C=CC1=O. The predicted molar refractivity (Wildman–Crippen MR) is 348 cm³/mol. The molecule has 3 heterocycles. The van der Waals surface area contributed by atoms with Crippen LogP contribution in [0.3, 0.4) is 0 Å². The van der Waals surface area contributed by atoms with Crippen LogP contribution < -0.4 is 37.6 Å². The molecule has 0 aromatic heterocycles. The molecule has 3 fully saturated rings. The Kier molecular flexibility index (Phi) is 41.5. The third kappa shape index (κ3) is 28.6. The van der Waals surface area contributed by atoms with Gasteiger partial charge in [-0.1, -0.05) is 86.3 Å². The van der Waals surface area contributed by atoms with Gasteiger partial charge in [0.2, 0.25) is 29.5 Å². The molecule has 10 unspecified atom stereocenters. The van der Waals surface area contributed by atoms with Gasteiger partial charge in [0, 0.05) is 84.3 Å². The lowest BCUT2D eigenvalue weighted by Gasteiger charge is -2.39. The molecule has 26 heteroatoms. The van der Waals surface area contributed by atoms with Gasteiger partial charge in [-0.3, -0.25) is 43.4 Å². The number of aldehydes is 2. The molecule has 3 aliphatic heterocycles. The van der Waals surface area contributed by atoms with Gasteiger partial charge in [0.1, 0.15) is 25.2 Å². The van der Waals surface area contributed by atoms with Crippen molar-refractivity contribution in [2.24, 2.45) is 23.5 Å². The Balaban J connectivity index is 0.000000927. The second kappa shape index (κ2) is 46.1. The maximum atomic E-state index is 14.0. The highest BCUT2D eigenvalue weighted by Gasteiger charge is 2.52. The summed E-state index contributed by atoms with van der Waals surface area (Å²) < 4.78 is 17.4. The lowest BCUT2D eigenvalue weighted by atomic mass is 9.90. The summed E-state index contributed by atoms with van der Waals surface area (Å²) in [4.78, 5) is 138. The zero-order valence-electron chi connectivity index (χ0n) is 56.6. The van der Waals surface area contributed by atoms with Crippen LogP contribution in [0, 0.1) is 17.8 Å². The van der Waals surface area contributed by atoms with E-state index in [1.165, 1.54) is 44.1 Å². The number of likely N-dealkylation sites (N-methyl/N-ethyl adjacent to an activating group) is 2. The van der Waals surface area contributed by atoms with Crippen LogP contribution in [0.15, 0.2) is 36.4 Å². The highest BCUT2D eigenvalue weighted by atomic mass is 16.6. The molecule has 10 amide bonds. The number of benzene rings is 1. The van der Waals surface area contributed by atoms with E-state index < -0.39 is 54.4 Å². The first-order valence-electron chi connectivity index (χ1n) is 32.4. The van der Waals surface area contributed by atoms with E-state index in [0.717, 1.165) is 62.5 Å². The number of likely N-dealkylation sites (tertiary alicyclic amines) is 2. The number of methoxy groups -OCH3 is 2. The number of nitrogens with zero attached hydrogens (tertiary/aromatic N) is 4. The number of primary amides is 1. The number of rotatable bonds is 33. The number of imide groups is 1. The number of piperidine rings is 1. The summed E-state index contributed by atoms with van der Waals surface area (Å²) in [5.74, 6) is -2.47. The molecule has 2 bridgehead atoms. The maximum absolute atomic E-state index is 14.0. The summed E-state index contributed by atoms with van der Waals surface area (Å²) in [5.41, 5.74) is 6.64. The molecule has 26 nitrogen and oxygen atoms in total. The van der Waals surface area contributed by atoms with E-state index in [0.29, 0.717) is 58.0 Å². The lowest BCUT2D eigenvalue weighted by molar-refractivity contribution is -0.146. The molecule has 0 spiro atoms. The standard InChI is InChI=1S/C40H64N6O9.C10H13NO3.C9H18N4O3.2C3H8/c1-9-24(2)35(32(53-7)20-33(48)45-18-10-11-31(45)37(54-8)26(4)38(50)43-25(3)22-47)44(6)34(49)21-42-39(51)36-28-14-17-30(19-28)46(36)40(52)55-23-27-12-15-29(41-5)16-13-27;12-8-4-2-1-3-7-11-9(13)5-6-10(11)14;1-11-5-8(15)13-7(6-14)3-2-4-12-9(10)16;2*1-3-2/h12-13,15-16,24-26,28,30-32,35-37,41,47H,9-11,14,17-23H2,1-8H3,(H,42,51)(H,43,50);5-6,8H,1-4,7H2;6-7,11H,2-5H2,1H3,(H,13,15)(H3,10,12,16);2*3H2,1-2H3/t24?,25-,26?,28?,30?,31?,32?,35?,36?,37?;;;;/m0..../s1. The van der Waals surface area contributed by atoms with E-state index in [1.807, 2.05) is 45.2 Å². The third-order valence-electron chi connectivity index (χ3n) is 16.0. The number of hydrogen-bond donors (Lipinski definition) is 8. The quantitative estimate of drug-likeness (QED) is 0.0271. The first kappa shape index (κ1) is 82.0. The Bertz CT molecular complexity index is 2400. The minimum absolute atomic E-state index is 0.00634. The van der Waals surface area contributed by atoms with Gasteiger partial charge in [0.15, 0.2) is 0 Å². The summed E-state index contributed by atoms with van der Waals surface area (Å²) >= 11 is 0. The van der Waals surface area contributed by atoms with Crippen LogP contribution in [0.2, 0.25) is 0 Å². The number of urea groups is 1. The van der Waals surface area contributed by atoms with E-state index in [-0.39, 0.29) is 98.0 Å². The van der Waals surface area contributed by atoms with Crippen molar-refractivity contribution in [2.75, 3.05) is 80.0 Å². The van der Waals surface area contributed by atoms with Gasteiger partial charge in [-0.2, -0.15) is 0 Å². The van der Waals surface area contributed by atoms with Gasteiger partial charge < -0.3 is 76.3 Å². The number of unbranched alkanes of at least 4 members (excludes halogenated alkanes) is 3. The number of carbonyl (C=O) groups is 11. The van der Waals surface area contributed by atoms with Crippen molar-refractivity contribution in [3.8, 4) is 0 Å². The van der Waals surface area contributed by atoms with E-state index in [2.05, 4.69) is 59.6 Å². The zero-order valence-corrected chi connectivity index (χ0v) is 56.6. The summed E-state index contributed by atoms with van der Waals surface area (Å²) in [7, 11) is 8.21. The average Bonchev–Trinajstić information content (AvgIpc) is 1.84. The molecule has 5 rings (SSSR count). The van der Waals surface area contributed by atoms with Gasteiger partial charge >= 0.3 is 12.1 Å². The van der Waals surface area contributed by atoms with E-state index in [4.69, 9.17) is 19.9 Å². The molecular weight excluding hydrogens is 1170 g/mol.